The summed E-state index contributed by atoms with van der Waals surface area (Å²) >= 11 is 0. The fraction of sp³-hybridized carbons (Fsp3) is 0.312. The van der Waals surface area contributed by atoms with Gasteiger partial charge in [0.2, 0.25) is 0 Å². The molecule has 0 fully saturated rings. The van der Waals surface area contributed by atoms with Crippen molar-refractivity contribution in [2.75, 3.05) is 7.11 Å². The van der Waals surface area contributed by atoms with Crippen LogP contribution in [0.15, 0.2) is 47.6 Å². The van der Waals surface area contributed by atoms with E-state index in [2.05, 4.69) is 4.74 Å². The first-order chi connectivity index (χ1) is 10.4. The van der Waals surface area contributed by atoms with E-state index < -0.39 is 10.0 Å². The first kappa shape index (κ1) is 16.3. The lowest BCUT2D eigenvalue weighted by Crippen LogP contribution is -2.10. The summed E-state index contributed by atoms with van der Waals surface area (Å²) in [6, 6.07) is 8.49. The van der Waals surface area contributed by atoms with Gasteiger partial charge in [-0.2, -0.15) is 0 Å². The van der Waals surface area contributed by atoms with E-state index in [-0.39, 0.29) is 10.9 Å². The van der Waals surface area contributed by atoms with Gasteiger partial charge in [0.15, 0.2) is 0 Å². The number of esters is 1. The van der Waals surface area contributed by atoms with Gasteiger partial charge in [-0.05, 0) is 43.5 Å². The summed E-state index contributed by atoms with van der Waals surface area (Å²) in [5.41, 5.74) is 1.88. The molecular weight excluding hydrogens is 302 g/mol. The molecule has 6 heteroatoms. The molecule has 5 nitrogen and oxygen atoms in total. The average Bonchev–Trinajstić information content (AvgIpc) is 2.97. The van der Waals surface area contributed by atoms with Gasteiger partial charge in [0.05, 0.1) is 12.0 Å². The molecule has 0 saturated carbocycles. The van der Waals surface area contributed by atoms with Crippen LogP contribution in [-0.4, -0.2) is 25.5 Å². The highest BCUT2D eigenvalue weighted by molar-refractivity contribution is 7.90. The SMILES string of the molecule is COC(=O)CCCc1ccn(S(=O)(=O)c2ccc(C)cc2)c1. The molecule has 0 aliphatic heterocycles. The van der Waals surface area contributed by atoms with Crippen molar-refractivity contribution in [3.05, 3.63) is 53.9 Å². The van der Waals surface area contributed by atoms with Crippen LogP contribution in [0.25, 0.3) is 0 Å². The summed E-state index contributed by atoms with van der Waals surface area (Å²) in [6.07, 6.45) is 4.70. The van der Waals surface area contributed by atoms with E-state index >= 15 is 0 Å². The zero-order valence-electron chi connectivity index (χ0n) is 12.7. The predicted molar refractivity (Wildman–Crippen MR) is 83.1 cm³/mol. The van der Waals surface area contributed by atoms with Crippen molar-refractivity contribution < 1.29 is 17.9 Å². The van der Waals surface area contributed by atoms with Crippen LogP contribution in [0.5, 0.6) is 0 Å². The molecule has 1 heterocycles. The molecule has 0 aliphatic rings. The molecule has 2 aromatic rings. The van der Waals surface area contributed by atoms with Crippen LogP contribution in [0.4, 0.5) is 0 Å². The summed E-state index contributed by atoms with van der Waals surface area (Å²) in [5.74, 6) is -0.258. The van der Waals surface area contributed by atoms with Crippen molar-refractivity contribution in [3.63, 3.8) is 0 Å². The predicted octanol–water partition coefficient (Wildman–Crippen LogP) is 2.53. The second kappa shape index (κ2) is 6.79. The molecular formula is C16H19NO4S. The van der Waals surface area contributed by atoms with Gasteiger partial charge in [-0.1, -0.05) is 17.7 Å². The number of aromatic nitrogens is 1. The monoisotopic (exact) mass is 321 g/mol. The number of ether oxygens (including phenoxy) is 1. The van der Waals surface area contributed by atoms with Crippen molar-refractivity contribution in [3.8, 4) is 0 Å². The molecule has 0 bridgehead atoms. The first-order valence-electron chi connectivity index (χ1n) is 6.99. The van der Waals surface area contributed by atoms with E-state index in [0.717, 1.165) is 11.1 Å². The second-order valence-corrected chi connectivity index (χ2v) is 6.94. The van der Waals surface area contributed by atoms with Crippen molar-refractivity contribution in [1.29, 1.82) is 0 Å². The number of carbonyl (C=O) groups excluding carboxylic acids is 1. The molecule has 22 heavy (non-hydrogen) atoms. The minimum Gasteiger partial charge on any atom is -0.469 e. The van der Waals surface area contributed by atoms with Crippen LogP contribution < -0.4 is 0 Å². The third-order valence-corrected chi connectivity index (χ3v) is 5.05. The van der Waals surface area contributed by atoms with Crippen LogP contribution >= 0.6 is 0 Å². The van der Waals surface area contributed by atoms with E-state index in [1.807, 2.05) is 6.92 Å². The largest absolute Gasteiger partial charge is 0.469 e. The van der Waals surface area contributed by atoms with Crippen LogP contribution in [0.3, 0.4) is 0 Å². The zero-order chi connectivity index (χ0) is 16.2. The number of hydrogen-bond acceptors (Lipinski definition) is 4. The molecule has 118 valence electrons. The molecule has 0 saturated heterocycles. The summed E-state index contributed by atoms with van der Waals surface area (Å²) in [5, 5.41) is 0. The van der Waals surface area contributed by atoms with Crippen LogP contribution in [0.1, 0.15) is 24.0 Å². The lowest BCUT2D eigenvalue weighted by Gasteiger charge is -2.05. The Bertz CT molecular complexity index is 745. The Morgan fingerprint density at radius 1 is 1.18 bits per heavy atom. The number of rotatable bonds is 6. The normalized spacial score (nSPS) is 11.4. The van der Waals surface area contributed by atoms with E-state index in [4.69, 9.17) is 0 Å². The quantitative estimate of drug-likeness (QED) is 0.767. The number of carbonyl (C=O) groups is 1. The van der Waals surface area contributed by atoms with E-state index in [1.165, 1.54) is 17.3 Å². The Labute approximate surface area is 130 Å². The van der Waals surface area contributed by atoms with E-state index in [9.17, 15) is 13.2 Å². The number of nitrogens with zero attached hydrogens (tertiary/aromatic N) is 1. The lowest BCUT2D eigenvalue weighted by atomic mass is 10.1. The molecule has 0 aliphatic carbocycles. The molecule has 1 aromatic heterocycles. The minimum atomic E-state index is -3.56. The highest BCUT2D eigenvalue weighted by Crippen LogP contribution is 2.16. The van der Waals surface area contributed by atoms with Crippen LogP contribution in [0, 0.1) is 6.92 Å². The number of aryl methyl sites for hydroxylation is 2. The standard InChI is InChI=1S/C16H19NO4S/c1-13-6-8-15(9-7-13)22(19,20)17-11-10-14(12-17)4-3-5-16(18)21-2/h6-12H,3-5H2,1-2H3. The molecule has 0 atom stereocenters. The Kier molecular flexibility index (Phi) is 5.03. The highest BCUT2D eigenvalue weighted by Gasteiger charge is 2.16. The van der Waals surface area contributed by atoms with Gasteiger partial charge in [-0.3, -0.25) is 4.79 Å². The number of methoxy groups -OCH3 is 1. The lowest BCUT2D eigenvalue weighted by molar-refractivity contribution is -0.140. The third kappa shape index (κ3) is 3.76. The Hall–Kier alpha value is -2.08. The first-order valence-corrected chi connectivity index (χ1v) is 8.43. The maximum absolute atomic E-state index is 12.5. The van der Waals surface area contributed by atoms with Crippen LogP contribution in [-0.2, 0) is 26.0 Å². The van der Waals surface area contributed by atoms with Gasteiger partial charge in [0.1, 0.15) is 0 Å². The summed E-state index contributed by atoms with van der Waals surface area (Å²) in [4.78, 5) is 11.3. The fourth-order valence-corrected chi connectivity index (χ4v) is 3.31. The maximum atomic E-state index is 12.5. The van der Waals surface area contributed by atoms with Gasteiger partial charge in [-0.25, -0.2) is 12.4 Å². The second-order valence-electron chi connectivity index (χ2n) is 5.10. The van der Waals surface area contributed by atoms with Gasteiger partial charge < -0.3 is 4.74 Å². The average molecular weight is 321 g/mol. The number of benzene rings is 1. The minimum absolute atomic E-state index is 0.258. The Balaban J connectivity index is 2.10. The maximum Gasteiger partial charge on any atom is 0.305 e. The summed E-state index contributed by atoms with van der Waals surface area (Å²) < 4.78 is 30.7. The van der Waals surface area contributed by atoms with Crippen molar-refractivity contribution in [2.45, 2.75) is 31.1 Å². The molecule has 0 amide bonds. The van der Waals surface area contributed by atoms with Gasteiger partial charge in [-0.15, -0.1) is 0 Å². The Morgan fingerprint density at radius 2 is 1.86 bits per heavy atom. The molecule has 0 radical (unpaired) electrons. The topological polar surface area (TPSA) is 65.4 Å². The summed E-state index contributed by atoms with van der Waals surface area (Å²) in [7, 11) is -2.20. The van der Waals surface area contributed by atoms with Crippen molar-refractivity contribution in [1.82, 2.24) is 3.97 Å². The van der Waals surface area contributed by atoms with E-state index in [1.54, 1.807) is 36.5 Å². The van der Waals surface area contributed by atoms with Crippen molar-refractivity contribution >= 4 is 16.0 Å². The molecule has 0 unspecified atom stereocenters. The fourth-order valence-electron chi connectivity index (χ4n) is 2.09. The van der Waals surface area contributed by atoms with E-state index in [0.29, 0.717) is 19.3 Å². The zero-order valence-corrected chi connectivity index (χ0v) is 13.5. The highest BCUT2D eigenvalue weighted by atomic mass is 32.2. The molecule has 2 rings (SSSR count). The summed E-state index contributed by atoms with van der Waals surface area (Å²) in [6.45, 7) is 1.91. The number of hydrogen-bond donors (Lipinski definition) is 0. The Morgan fingerprint density at radius 3 is 2.50 bits per heavy atom. The molecule has 1 aromatic carbocycles. The van der Waals surface area contributed by atoms with Crippen LogP contribution in [0.2, 0.25) is 0 Å². The van der Waals surface area contributed by atoms with Gasteiger partial charge in [0, 0.05) is 18.8 Å². The molecule has 0 N–H and O–H groups in total. The molecule has 0 spiro atoms. The third-order valence-electron chi connectivity index (χ3n) is 3.40. The van der Waals surface area contributed by atoms with Gasteiger partial charge in [0.25, 0.3) is 10.0 Å². The van der Waals surface area contributed by atoms with Crippen molar-refractivity contribution in [2.24, 2.45) is 0 Å². The smallest absolute Gasteiger partial charge is 0.305 e. The van der Waals surface area contributed by atoms with Gasteiger partial charge >= 0.3 is 5.97 Å².